The van der Waals surface area contributed by atoms with Gasteiger partial charge < -0.3 is 10.4 Å². The first-order valence-corrected chi connectivity index (χ1v) is 10.1. The van der Waals surface area contributed by atoms with Gasteiger partial charge in [-0.05, 0) is 29.8 Å². The molecule has 0 aliphatic rings. The van der Waals surface area contributed by atoms with Crippen LogP contribution in [0.1, 0.15) is 15.9 Å². The molecule has 0 aliphatic carbocycles. The smallest absolute Gasteiger partial charge is 0.338 e. The number of carboxylic acids is 1. The standard InChI is InChI=1S/C18H15ClN4O5S/c19-14-4-2-1-3-11(14)7-17(24)22-13-5-6-15(16(8-13)29(20,27)28)23-10-12(9-21-23)18(25)26/h1-6,8-10H,7H2,(H,22,24)(H,25,26)(H2,20,27,28). The van der Waals surface area contributed by atoms with Gasteiger partial charge in [0.25, 0.3) is 0 Å². The number of nitrogens with zero attached hydrogens (tertiary/aromatic N) is 2. The second kappa shape index (κ2) is 8.03. The van der Waals surface area contributed by atoms with Gasteiger partial charge in [0, 0.05) is 16.9 Å². The molecule has 0 aliphatic heterocycles. The van der Waals surface area contributed by atoms with E-state index in [0.29, 0.717) is 10.6 Å². The quantitative estimate of drug-likeness (QED) is 0.541. The number of hydrogen-bond acceptors (Lipinski definition) is 5. The summed E-state index contributed by atoms with van der Waals surface area (Å²) in [4.78, 5) is 23.0. The van der Waals surface area contributed by atoms with Crippen LogP contribution in [0.5, 0.6) is 0 Å². The summed E-state index contributed by atoms with van der Waals surface area (Å²) in [5, 5.41) is 21.2. The summed E-state index contributed by atoms with van der Waals surface area (Å²) in [5.74, 6) is -1.62. The molecule has 150 valence electrons. The molecule has 0 bridgehead atoms. The summed E-state index contributed by atoms with van der Waals surface area (Å²) in [6.07, 6.45) is 2.23. The molecule has 0 fully saturated rings. The van der Waals surface area contributed by atoms with E-state index in [1.807, 2.05) is 0 Å². The minimum atomic E-state index is -4.20. The van der Waals surface area contributed by atoms with Crippen molar-refractivity contribution < 1.29 is 23.1 Å². The van der Waals surface area contributed by atoms with E-state index < -0.39 is 21.9 Å². The maximum atomic E-state index is 12.3. The zero-order valence-corrected chi connectivity index (χ0v) is 16.3. The number of hydrogen-bond donors (Lipinski definition) is 3. The molecule has 11 heteroatoms. The average Bonchev–Trinajstić information content (AvgIpc) is 3.13. The first-order valence-electron chi connectivity index (χ1n) is 8.13. The molecule has 3 rings (SSSR count). The van der Waals surface area contributed by atoms with Crippen molar-refractivity contribution in [3.05, 3.63) is 71.0 Å². The van der Waals surface area contributed by atoms with Crippen LogP contribution in [-0.2, 0) is 21.2 Å². The van der Waals surface area contributed by atoms with Gasteiger partial charge in [0.1, 0.15) is 4.90 Å². The third kappa shape index (κ3) is 4.80. The van der Waals surface area contributed by atoms with Crippen molar-refractivity contribution in [2.75, 3.05) is 5.32 Å². The molecule has 0 radical (unpaired) electrons. The van der Waals surface area contributed by atoms with Gasteiger partial charge in [-0.1, -0.05) is 29.8 Å². The van der Waals surface area contributed by atoms with Gasteiger partial charge in [-0.25, -0.2) is 23.0 Å². The van der Waals surface area contributed by atoms with Crippen LogP contribution in [0.25, 0.3) is 5.69 Å². The highest BCUT2D eigenvalue weighted by molar-refractivity contribution is 7.89. The Labute approximate surface area is 170 Å². The molecule has 2 aromatic carbocycles. The molecule has 0 atom stereocenters. The average molecular weight is 435 g/mol. The van der Waals surface area contributed by atoms with Crippen molar-refractivity contribution >= 4 is 39.2 Å². The number of carboxylic acid groups (broad SMARTS) is 1. The van der Waals surface area contributed by atoms with Gasteiger partial charge in [-0.15, -0.1) is 0 Å². The summed E-state index contributed by atoms with van der Waals surface area (Å²) >= 11 is 6.04. The Morgan fingerprint density at radius 2 is 1.93 bits per heavy atom. The van der Waals surface area contributed by atoms with E-state index in [1.54, 1.807) is 24.3 Å². The first-order chi connectivity index (χ1) is 13.6. The highest BCUT2D eigenvalue weighted by Gasteiger charge is 2.19. The molecule has 1 heterocycles. The number of halogens is 1. The van der Waals surface area contributed by atoms with E-state index in [-0.39, 0.29) is 28.3 Å². The van der Waals surface area contributed by atoms with Crippen molar-refractivity contribution in [1.82, 2.24) is 9.78 Å². The van der Waals surface area contributed by atoms with Crippen LogP contribution in [0.3, 0.4) is 0 Å². The summed E-state index contributed by atoms with van der Waals surface area (Å²) in [6.45, 7) is 0. The molecule has 0 saturated heterocycles. The van der Waals surface area contributed by atoms with E-state index in [4.69, 9.17) is 21.8 Å². The molecule has 29 heavy (non-hydrogen) atoms. The van der Waals surface area contributed by atoms with Gasteiger partial charge >= 0.3 is 5.97 Å². The predicted octanol–water partition coefficient (Wildman–Crippen LogP) is 2.05. The molecule has 0 unspecified atom stereocenters. The lowest BCUT2D eigenvalue weighted by molar-refractivity contribution is -0.115. The SMILES string of the molecule is NS(=O)(=O)c1cc(NC(=O)Cc2ccccc2Cl)ccc1-n1cc(C(=O)O)cn1. The fraction of sp³-hybridized carbons (Fsp3) is 0.0556. The number of carbonyl (C=O) groups is 2. The number of amides is 1. The number of primary sulfonamides is 1. The van der Waals surface area contributed by atoms with Crippen molar-refractivity contribution in [1.29, 1.82) is 0 Å². The number of sulfonamides is 1. The molecule has 1 aromatic heterocycles. The topological polar surface area (TPSA) is 144 Å². The van der Waals surface area contributed by atoms with Crippen LogP contribution in [-0.4, -0.2) is 35.2 Å². The summed E-state index contributed by atoms with van der Waals surface area (Å²) in [7, 11) is -4.20. The second-order valence-corrected chi connectivity index (χ2v) is 7.96. The van der Waals surface area contributed by atoms with Crippen molar-refractivity contribution in [3.63, 3.8) is 0 Å². The van der Waals surface area contributed by atoms with Gasteiger partial charge in [0.15, 0.2) is 0 Å². The van der Waals surface area contributed by atoms with E-state index in [2.05, 4.69) is 10.4 Å². The molecule has 0 spiro atoms. The Bertz CT molecular complexity index is 1210. The van der Waals surface area contributed by atoms with Crippen molar-refractivity contribution in [2.24, 2.45) is 5.14 Å². The zero-order chi connectivity index (χ0) is 21.2. The summed E-state index contributed by atoms with van der Waals surface area (Å²) < 4.78 is 25.1. The minimum absolute atomic E-state index is 0.00669. The van der Waals surface area contributed by atoms with Gasteiger partial charge in [-0.2, -0.15) is 5.10 Å². The van der Waals surface area contributed by atoms with Crippen LogP contribution < -0.4 is 10.5 Å². The Balaban J connectivity index is 1.90. The number of nitrogens with one attached hydrogen (secondary N) is 1. The number of benzene rings is 2. The third-order valence-electron chi connectivity index (χ3n) is 3.94. The molecule has 3 aromatic rings. The lowest BCUT2D eigenvalue weighted by Crippen LogP contribution is -2.18. The van der Waals surface area contributed by atoms with Crippen LogP contribution in [0.4, 0.5) is 5.69 Å². The second-order valence-electron chi connectivity index (χ2n) is 6.02. The zero-order valence-electron chi connectivity index (χ0n) is 14.7. The number of rotatable bonds is 6. The highest BCUT2D eigenvalue weighted by atomic mass is 35.5. The molecule has 9 nitrogen and oxygen atoms in total. The highest BCUT2D eigenvalue weighted by Crippen LogP contribution is 2.24. The first kappa shape index (κ1) is 20.5. The lowest BCUT2D eigenvalue weighted by Gasteiger charge is -2.12. The van der Waals surface area contributed by atoms with Crippen LogP contribution in [0.2, 0.25) is 5.02 Å². The van der Waals surface area contributed by atoms with Gasteiger partial charge in [-0.3, -0.25) is 4.79 Å². The van der Waals surface area contributed by atoms with Crippen LogP contribution in [0, 0.1) is 0 Å². The van der Waals surface area contributed by atoms with E-state index in [1.165, 1.54) is 18.2 Å². The number of nitrogens with two attached hydrogens (primary N) is 1. The molecule has 0 saturated carbocycles. The van der Waals surface area contributed by atoms with Crippen LogP contribution >= 0.6 is 11.6 Å². The normalized spacial score (nSPS) is 11.2. The van der Waals surface area contributed by atoms with Crippen molar-refractivity contribution in [3.8, 4) is 5.69 Å². The Morgan fingerprint density at radius 1 is 1.21 bits per heavy atom. The van der Waals surface area contributed by atoms with E-state index >= 15 is 0 Å². The third-order valence-corrected chi connectivity index (χ3v) is 5.24. The largest absolute Gasteiger partial charge is 0.478 e. The number of carbonyl (C=O) groups excluding carboxylic acids is 1. The molecule has 4 N–H and O–H groups in total. The molecular formula is C18H15ClN4O5S. The molecule has 1 amide bonds. The van der Waals surface area contributed by atoms with Crippen molar-refractivity contribution in [2.45, 2.75) is 11.3 Å². The minimum Gasteiger partial charge on any atom is -0.478 e. The monoisotopic (exact) mass is 434 g/mol. The van der Waals surface area contributed by atoms with E-state index in [0.717, 1.165) is 17.1 Å². The lowest BCUT2D eigenvalue weighted by atomic mass is 10.1. The number of anilines is 1. The predicted molar refractivity (Wildman–Crippen MR) is 106 cm³/mol. The fourth-order valence-electron chi connectivity index (χ4n) is 2.59. The Kier molecular flexibility index (Phi) is 5.69. The maximum Gasteiger partial charge on any atom is 0.338 e. The fourth-order valence-corrected chi connectivity index (χ4v) is 3.54. The van der Waals surface area contributed by atoms with Gasteiger partial charge in [0.2, 0.25) is 15.9 Å². The summed E-state index contributed by atoms with van der Waals surface area (Å²) in [5.41, 5.74) is 0.736. The Hall–Kier alpha value is -3.21. The van der Waals surface area contributed by atoms with Crippen LogP contribution in [0.15, 0.2) is 59.8 Å². The number of aromatic carboxylic acids is 1. The number of aromatic nitrogens is 2. The Morgan fingerprint density at radius 3 is 2.55 bits per heavy atom. The maximum absolute atomic E-state index is 12.3. The van der Waals surface area contributed by atoms with E-state index in [9.17, 15) is 18.0 Å². The summed E-state index contributed by atoms with van der Waals surface area (Å²) in [6, 6.07) is 10.9. The van der Waals surface area contributed by atoms with Gasteiger partial charge in [0.05, 0.1) is 23.9 Å². The molecular weight excluding hydrogens is 420 g/mol.